The van der Waals surface area contributed by atoms with Crippen LogP contribution in [0.25, 0.3) is 0 Å². The lowest BCUT2D eigenvalue weighted by atomic mass is 10.3. The number of benzene rings is 1. The highest BCUT2D eigenvalue weighted by Crippen LogP contribution is 2.19. The molecule has 0 radical (unpaired) electrons. The summed E-state index contributed by atoms with van der Waals surface area (Å²) in [5.74, 6) is 1.67. The molecule has 0 aliphatic carbocycles. The number of hydrogen-bond donors (Lipinski definition) is 1. The molecule has 0 unspecified atom stereocenters. The second-order valence-electron chi connectivity index (χ2n) is 3.46. The van der Waals surface area contributed by atoms with E-state index in [1.807, 2.05) is 24.3 Å². The van der Waals surface area contributed by atoms with Gasteiger partial charge in [-0.25, -0.2) is 0 Å². The van der Waals surface area contributed by atoms with E-state index in [0.717, 1.165) is 24.6 Å². The van der Waals surface area contributed by atoms with Crippen molar-refractivity contribution in [3.05, 3.63) is 35.9 Å². The van der Waals surface area contributed by atoms with Gasteiger partial charge in [-0.05, 0) is 17.7 Å². The van der Waals surface area contributed by atoms with E-state index in [-0.39, 0.29) is 0 Å². The maximum atomic E-state index is 5.64. The van der Waals surface area contributed by atoms with Gasteiger partial charge in [-0.15, -0.1) is 0 Å². The third-order valence-electron chi connectivity index (χ3n) is 2.35. The molecular formula is C12H15NO2. The Balaban J connectivity index is 1.92. The molecule has 1 N–H and O–H groups in total. The van der Waals surface area contributed by atoms with Crippen molar-refractivity contribution in [2.45, 2.75) is 0 Å². The van der Waals surface area contributed by atoms with Crippen LogP contribution in [0.4, 0.5) is 0 Å². The zero-order valence-corrected chi connectivity index (χ0v) is 8.82. The largest absolute Gasteiger partial charge is 0.497 e. The first-order chi connectivity index (χ1) is 7.38. The van der Waals surface area contributed by atoms with Crippen LogP contribution in [0, 0.1) is 0 Å². The predicted octanol–water partition coefficient (Wildman–Crippen LogP) is 1.60. The van der Waals surface area contributed by atoms with Gasteiger partial charge in [0.15, 0.2) is 0 Å². The SMILES string of the molecule is COc1cccc(OCC2=CCNC2)c1. The number of methoxy groups -OCH3 is 1. The average molecular weight is 205 g/mol. The van der Waals surface area contributed by atoms with Gasteiger partial charge in [0.25, 0.3) is 0 Å². The topological polar surface area (TPSA) is 30.5 Å². The Morgan fingerprint density at radius 3 is 2.93 bits per heavy atom. The molecule has 0 bridgehead atoms. The summed E-state index contributed by atoms with van der Waals surface area (Å²) < 4.78 is 10.8. The smallest absolute Gasteiger partial charge is 0.123 e. The van der Waals surface area contributed by atoms with Crippen molar-refractivity contribution in [3.8, 4) is 11.5 Å². The van der Waals surface area contributed by atoms with Crippen molar-refractivity contribution in [3.63, 3.8) is 0 Å². The zero-order valence-electron chi connectivity index (χ0n) is 8.82. The van der Waals surface area contributed by atoms with Crippen LogP contribution >= 0.6 is 0 Å². The highest BCUT2D eigenvalue weighted by molar-refractivity contribution is 5.33. The van der Waals surface area contributed by atoms with Gasteiger partial charge >= 0.3 is 0 Å². The monoisotopic (exact) mass is 205 g/mol. The maximum absolute atomic E-state index is 5.64. The van der Waals surface area contributed by atoms with Crippen molar-refractivity contribution in [1.82, 2.24) is 5.32 Å². The first kappa shape index (κ1) is 10.1. The van der Waals surface area contributed by atoms with Crippen LogP contribution < -0.4 is 14.8 Å². The lowest BCUT2D eigenvalue weighted by molar-refractivity contribution is 0.346. The second kappa shape index (κ2) is 4.84. The highest BCUT2D eigenvalue weighted by atomic mass is 16.5. The second-order valence-corrected chi connectivity index (χ2v) is 3.46. The van der Waals surface area contributed by atoms with E-state index in [9.17, 15) is 0 Å². The molecule has 0 atom stereocenters. The van der Waals surface area contributed by atoms with E-state index in [4.69, 9.17) is 9.47 Å². The number of rotatable bonds is 4. The molecule has 0 spiro atoms. The summed E-state index contributed by atoms with van der Waals surface area (Å²) in [5, 5.41) is 3.23. The first-order valence-corrected chi connectivity index (χ1v) is 5.04. The zero-order chi connectivity index (χ0) is 10.5. The summed E-state index contributed by atoms with van der Waals surface area (Å²) >= 11 is 0. The van der Waals surface area contributed by atoms with Gasteiger partial charge in [-0.3, -0.25) is 0 Å². The van der Waals surface area contributed by atoms with Gasteiger partial charge < -0.3 is 14.8 Å². The van der Waals surface area contributed by atoms with Crippen LogP contribution in [0.2, 0.25) is 0 Å². The Labute approximate surface area is 89.7 Å². The normalized spacial score (nSPS) is 14.9. The summed E-state index contributed by atoms with van der Waals surface area (Å²) in [7, 11) is 1.66. The van der Waals surface area contributed by atoms with Crippen molar-refractivity contribution < 1.29 is 9.47 Å². The summed E-state index contributed by atoms with van der Waals surface area (Å²) in [6.45, 7) is 2.54. The fourth-order valence-corrected chi connectivity index (χ4v) is 1.50. The molecule has 80 valence electrons. The van der Waals surface area contributed by atoms with E-state index in [1.54, 1.807) is 7.11 Å². The molecule has 0 saturated heterocycles. The molecule has 3 nitrogen and oxygen atoms in total. The third kappa shape index (κ3) is 2.73. The lowest BCUT2D eigenvalue weighted by Crippen LogP contribution is -2.11. The highest BCUT2D eigenvalue weighted by Gasteiger charge is 2.04. The van der Waals surface area contributed by atoms with Crippen molar-refractivity contribution in [2.75, 3.05) is 26.8 Å². The summed E-state index contributed by atoms with van der Waals surface area (Å²) in [5.41, 5.74) is 1.30. The summed E-state index contributed by atoms with van der Waals surface area (Å²) in [6.07, 6.45) is 2.17. The Bertz CT molecular complexity index is 360. The number of nitrogens with one attached hydrogen (secondary N) is 1. The van der Waals surface area contributed by atoms with Crippen LogP contribution in [0.15, 0.2) is 35.9 Å². The minimum absolute atomic E-state index is 0.653. The summed E-state index contributed by atoms with van der Waals surface area (Å²) in [6, 6.07) is 7.66. The molecule has 15 heavy (non-hydrogen) atoms. The number of hydrogen-bond acceptors (Lipinski definition) is 3. The summed E-state index contributed by atoms with van der Waals surface area (Å²) in [4.78, 5) is 0. The standard InChI is InChI=1S/C12H15NO2/c1-14-11-3-2-4-12(7-11)15-9-10-5-6-13-8-10/h2-5,7,13H,6,8-9H2,1H3. The lowest BCUT2D eigenvalue weighted by Gasteiger charge is -2.07. The van der Waals surface area contributed by atoms with Crippen molar-refractivity contribution in [2.24, 2.45) is 0 Å². The van der Waals surface area contributed by atoms with Crippen LogP contribution in [-0.2, 0) is 0 Å². The van der Waals surface area contributed by atoms with E-state index in [1.165, 1.54) is 5.57 Å². The Kier molecular flexibility index (Phi) is 3.25. The molecule has 0 amide bonds. The molecule has 1 heterocycles. The molecule has 0 fully saturated rings. The molecule has 3 heteroatoms. The Hall–Kier alpha value is -1.48. The van der Waals surface area contributed by atoms with Gasteiger partial charge in [0, 0.05) is 19.2 Å². The van der Waals surface area contributed by atoms with Crippen molar-refractivity contribution >= 4 is 0 Å². The van der Waals surface area contributed by atoms with Gasteiger partial charge in [0.2, 0.25) is 0 Å². The molecule has 2 rings (SSSR count). The van der Waals surface area contributed by atoms with E-state index in [2.05, 4.69) is 11.4 Å². The molecule has 1 aliphatic rings. The predicted molar refractivity (Wildman–Crippen MR) is 59.4 cm³/mol. The van der Waals surface area contributed by atoms with Gasteiger partial charge in [-0.2, -0.15) is 0 Å². The van der Waals surface area contributed by atoms with Crippen LogP contribution in [0.5, 0.6) is 11.5 Å². The average Bonchev–Trinajstić information content (AvgIpc) is 2.79. The maximum Gasteiger partial charge on any atom is 0.123 e. The van der Waals surface area contributed by atoms with Crippen molar-refractivity contribution in [1.29, 1.82) is 0 Å². The molecule has 1 aromatic carbocycles. The van der Waals surface area contributed by atoms with Gasteiger partial charge in [-0.1, -0.05) is 12.1 Å². The fourth-order valence-electron chi connectivity index (χ4n) is 1.50. The third-order valence-corrected chi connectivity index (χ3v) is 2.35. The van der Waals surface area contributed by atoms with Gasteiger partial charge in [0.05, 0.1) is 7.11 Å². The van der Waals surface area contributed by atoms with E-state index in [0.29, 0.717) is 6.61 Å². The molecular weight excluding hydrogens is 190 g/mol. The minimum atomic E-state index is 0.653. The quantitative estimate of drug-likeness (QED) is 0.757. The number of ether oxygens (including phenoxy) is 2. The molecule has 0 aromatic heterocycles. The fraction of sp³-hybridized carbons (Fsp3) is 0.333. The molecule has 0 saturated carbocycles. The van der Waals surface area contributed by atoms with E-state index < -0.39 is 0 Å². The Morgan fingerprint density at radius 2 is 2.20 bits per heavy atom. The van der Waals surface area contributed by atoms with Crippen LogP contribution in [0.1, 0.15) is 0 Å². The van der Waals surface area contributed by atoms with Gasteiger partial charge in [0.1, 0.15) is 18.1 Å². The minimum Gasteiger partial charge on any atom is -0.497 e. The van der Waals surface area contributed by atoms with Crippen LogP contribution in [0.3, 0.4) is 0 Å². The molecule has 1 aliphatic heterocycles. The molecule has 1 aromatic rings. The van der Waals surface area contributed by atoms with E-state index >= 15 is 0 Å². The van der Waals surface area contributed by atoms with Crippen LogP contribution in [-0.4, -0.2) is 26.8 Å². The Morgan fingerprint density at radius 1 is 1.33 bits per heavy atom. The first-order valence-electron chi connectivity index (χ1n) is 5.04.